The van der Waals surface area contributed by atoms with Crippen LogP contribution in [0.15, 0.2) is 77.4 Å². The smallest absolute Gasteiger partial charge is 0.146 e. The van der Waals surface area contributed by atoms with Crippen LogP contribution in [0.3, 0.4) is 0 Å². The Morgan fingerprint density at radius 2 is 1.59 bits per heavy atom. The summed E-state index contributed by atoms with van der Waals surface area (Å²) in [6, 6.07) is 22.2. The molecule has 0 saturated carbocycles. The average molecular weight is 350 g/mol. The summed E-state index contributed by atoms with van der Waals surface area (Å²) in [7, 11) is 0. The van der Waals surface area contributed by atoms with Gasteiger partial charge in [-0.05, 0) is 29.7 Å². The second kappa shape index (κ2) is 5.43. The monoisotopic (exact) mass is 349 g/mol. The second-order valence-corrected chi connectivity index (χ2v) is 5.91. The van der Waals surface area contributed by atoms with Gasteiger partial charge in [-0.2, -0.15) is 0 Å². The molecule has 4 rings (SSSR count). The number of benzene rings is 3. The molecule has 2 nitrogen and oxygen atoms in total. The van der Waals surface area contributed by atoms with E-state index < -0.39 is 0 Å². The summed E-state index contributed by atoms with van der Waals surface area (Å²) in [5.74, 6) is 1.56. The van der Waals surface area contributed by atoms with Crippen LogP contribution in [0.2, 0.25) is 0 Å². The van der Waals surface area contributed by atoms with Crippen LogP contribution in [-0.4, -0.2) is 4.98 Å². The van der Waals surface area contributed by atoms with Crippen molar-refractivity contribution in [1.82, 2.24) is 4.98 Å². The van der Waals surface area contributed by atoms with Crippen molar-refractivity contribution in [2.24, 2.45) is 0 Å². The minimum atomic E-state index is 0.738. The zero-order valence-corrected chi connectivity index (χ0v) is 13.2. The van der Waals surface area contributed by atoms with Crippen molar-refractivity contribution in [2.45, 2.75) is 0 Å². The van der Waals surface area contributed by atoms with E-state index >= 15 is 0 Å². The van der Waals surface area contributed by atoms with Crippen molar-refractivity contribution in [2.75, 3.05) is 0 Å². The number of ether oxygens (including phenoxy) is 1. The van der Waals surface area contributed by atoms with Gasteiger partial charge in [-0.3, -0.25) is 4.98 Å². The van der Waals surface area contributed by atoms with E-state index in [0.717, 1.165) is 37.6 Å². The van der Waals surface area contributed by atoms with Crippen LogP contribution in [0, 0.1) is 0 Å². The van der Waals surface area contributed by atoms with Crippen molar-refractivity contribution in [1.29, 1.82) is 0 Å². The number of nitrogens with zero attached hydrogens (tertiary/aromatic N) is 1. The van der Waals surface area contributed by atoms with E-state index in [9.17, 15) is 0 Å². The molecule has 22 heavy (non-hydrogen) atoms. The summed E-state index contributed by atoms with van der Waals surface area (Å²) in [4.78, 5) is 4.44. The van der Waals surface area contributed by atoms with Gasteiger partial charge in [-0.15, -0.1) is 0 Å². The summed E-state index contributed by atoms with van der Waals surface area (Å²) in [5, 5.41) is 3.28. The highest BCUT2D eigenvalue weighted by atomic mass is 79.9. The number of hydrogen-bond donors (Lipinski definition) is 0. The normalized spacial score (nSPS) is 11.0. The first-order chi connectivity index (χ1) is 10.8. The molecule has 3 aromatic carbocycles. The molecule has 0 aliphatic rings. The van der Waals surface area contributed by atoms with Crippen LogP contribution in [0.5, 0.6) is 11.5 Å². The molecule has 3 heteroatoms. The van der Waals surface area contributed by atoms with Gasteiger partial charge in [-0.1, -0.05) is 58.4 Å². The number of aromatic nitrogens is 1. The van der Waals surface area contributed by atoms with Gasteiger partial charge in [0, 0.05) is 15.2 Å². The molecule has 0 amide bonds. The molecule has 0 aliphatic carbocycles. The third kappa shape index (κ3) is 2.34. The van der Waals surface area contributed by atoms with E-state index in [1.165, 1.54) is 0 Å². The Hall–Kier alpha value is -2.39. The first-order valence-electron chi connectivity index (χ1n) is 7.01. The van der Waals surface area contributed by atoms with Crippen molar-refractivity contribution in [3.63, 3.8) is 0 Å². The molecule has 0 atom stereocenters. The van der Waals surface area contributed by atoms with Crippen LogP contribution in [0.4, 0.5) is 0 Å². The predicted molar refractivity (Wildman–Crippen MR) is 93.5 cm³/mol. The van der Waals surface area contributed by atoms with E-state index in [0.29, 0.717) is 0 Å². The highest BCUT2D eigenvalue weighted by molar-refractivity contribution is 9.10. The zero-order chi connectivity index (χ0) is 14.9. The standard InChI is InChI=1S/C19H12BrNO/c20-16-8-3-6-13-7-4-10-18(19(13)16)22-15-11-14-5-1-2-9-17(14)21-12-15/h1-12H. The Kier molecular flexibility index (Phi) is 3.28. The molecule has 4 aromatic rings. The van der Waals surface area contributed by atoms with Crippen LogP contribution in [0.1, 0.15) is 0 Å². The number of rotatable bonds is 2. The fourth-order valence-corrected chi connectivity index (χ4v) is 3.16. The zero-order valence-electron chi connectivity index (χ0n) is 11.7. The molecule has 0 fully saturated rings. The largest absolute Gasteiger partial charge is 0.455 e. The van der Waals surface area contributed by atoms with Gasteiger partial charge < -0.3 is 4.74 Å². The molecule has 0 saturated heterocycles. The molecule has 0 N–H and O–H groups in total. The average Bonchev–Trinajstić information content (AvgIpc) is 2.55. The van der Waals surface area contributed by atoms with Crippen LogP contribution in [-0.2, 0) is 0 Å². The van der Waals surface area contributed by atoms with Gasteiger partial charge in [-0.25, -0.2) is 0 Å². The Balaban J connectivity index is 1.82. The van der Waals surface area contributed by atoms with Gasteiger partial charge in [0.25, 0.3) is 0 Å². The summed E-state index contributed by atoms with van der Waals surface area (Å²) in [5.41, 5.74) is 0.967. The van der Waals surface area contributed by atoms with Crippen molar-refractivity contribution in [3.05, 3.63) is 77.4 Å². The topological polar surface area (TPSA) is 22.1 Å². The lowest BCUT2D eigenvalue weighted by Gasteiger charge is -2.10. The molecule has 0 unspecified atom stereocenters. The highest BCUT2D eigenvalue weighted by Gasteiger charge is 2.07. The maximum Gasteiger partial charge on any atom is 0.146 e. The Morgan fingerprint density at radius 3 is 2.50 bits per heavy atom. The molecule has 0 aliphatic heterocycles. The van der Waals surface area contributed by atoms with Crippen molar-refractivity contribution >= 4 is 37.6 Å². The summed E-state index contributed by atoms with van der Waals surface area (Å²) in [6.07, 6.45) is 1.76. The first kappa shape index (κ1) is 13.3. The number of pyridine rings is 1. The van der Waals surface area contributed by atoms with Gasteiger partial charge in [0.2, 0.25) is 0 Å². The number of fused-ring (bicyclic) bond motifs is 2. The van der Waals surface area contributed by atoms with E-state index in [1.54, 1.807) is 6.20 Å². The Labute approximate surface area is 136 Å². The summed E-state index contributed by atoms with van der Waals surface area (Å²) < 4.78 is 7.11. The number of para-hydroxylation sites is 1. The fraction of sp³-hybridized carbons (Fsp3) is 0. The SMILES string of the molecule is Brc1cccc2cccc(Oc3cnc4ccccc4c3)c12. The fourth-order valence-electron chi connectivity index (χ4n) is 2.58. The van der Waals surface area contributed by atoms with Gasteiger partial charge >= 0.3 is 0 Å². The first-order valence-corrected chi connectivity index (χ1v) is 7.80. The minimum absolute atomic E-state index is 0.738. The quantitative estimate of drug-likeness (QED) is 0.446. The molecule has 0 radical (unpaired) electrons. The molecular formula is C19H12BrNO. The second-order valence-electron chi connectivity index (χ2n) is 5.06. The molecule has 0 bridgehead atoms. The molecule has 1 heterocycles. The summed E-state index contributed by atoms with van der Waals surface area (Å²) >= 11 is 3.61. The lowest BCUT2D eigenvalue weighted by Crippen LogP contribution is -1.88. The third-order valence-corrected chi connectivity index (χ3v) is 4.27. The van der Waals surface area contributed by atoms with Crippen LogP contribution >= 0.6 is 15.9 Å². The Bertz CT molecular complexity index is 976. The van der Waals surface area contributed by atoms with Gasteiger partial charge in [0.15, 0.2) is 0 Å². The van der Waals surface area contributed by atoms with Crippen LogP contribution < -0.4 is 4.74 Å². The molecule has 1 aromatic heterocycles. The number of halogens is 1. The van der Waals surface area contributed by atoms with Gasteiger partial charge in [0.1, 0.15) is 11.5 Å². The van der Waals surface area contributed by atoms with E-state index in [1.807, 2.05) is 54.6 Å². The lowest BCUT2D eigenvalue weighted by atomic mass is 10.1. The Morgan fingerprint density at radius 1 is 0.818 bits per heavy atom. The van der Waals surface area contributed by atoms with E-state index in [4.69, 9.17) is 4.74 Å². The van der Waals surface area contributed by atoms with Gasteiger partial charge in [0.05, 0.1) is 11.7 Å². The summed E-state index contributed by atoms with van der Waals surface area (Å²) in [6.45, 7) is 0. The third-order valence-electron chi connectivity index (χ3n) is 3.61. The number of hydrogen-bond acceptors (Lipinski definition) is 2. The molecular weight excluding hydrogens is 338 g/mol. The van der Waals surface area contributed by atoms with Crippen molar-refractivity contribution < 1.29 is 4.74 Å². The van der Waals surface area contributed by atoms with E-state index in [2.05, 4.69) is 33.0 Å². The maximum atomic E-state index is 6.09. The minimum Gasteiger partial charge on any atom is -0.455 e. The molecule has 0 spiro atoms. The predicted octanol–water partition coefficient (Wildman–Crippen LogP) is 5.94. The maximum absolute atomic E-state index is 6.09. The lowest BCUT2D eigenvalue weighted by molar-refractivity contribution is 0.487. The van der Waals surface area contributed by atoms with E-state index in [-0.39, 0.29) is 0 Å². The highest BCUT2D eigenvalue weighted by Crippen LogP contribution is 2.35. The van der Waals surface area contributed by atoms with Crippen LogP contribution in [0.25, 0.3) is 21.7 Å². The van der Waals surface area contributed by atoms with Crippen molar-refractivity contribution in [3.8, 4) is 11.5 Å². The molecule has 106 valence electrons.